The minimum atomic E-state index is -0.0144. The molecule has 0 aliphatic rings. The van der Waals surface area contributed by atoms with Gasteiger partial charge < -0.3 is 4.90 Å². The zero-order valence-electron chi connectivity index (χ0n) is 13.1. The van der Waals surface area contributed by atoms with Crippen LogP contribution in [0.2, 0.25) is 0 Å². The Morgan fingerprint density at radius 2 is 1.86 bits per heavy atom. The van der Waals surface area contributed by atoms with Gasteiger partial charge in [0.15, 0.2) is 0 Å². The summed E-state index contributed by atoms with van der Waals surface area (Å²) in [7, 11) is 1.82. The summed E-state index contributed by atoms with van der Waals surface area (Å²) in [5, 5.41) is 0. The quantitative estimate of drug-likeness (QED) is 0.743. The van der Waals surface area contributed by atoms with Gasteiger partial charge in [0.2, 0.25) is 0 Å². The van der Waals surface area contributed by atoms with Crippen molar-refractivity contribution in [1.29, 1.82) is 0 Å². The van der Waals surface area contributed by atoms with E-state index in [1.807, 2.05) is 74.0 Å². The fraction of sp³-hybridized carbons (Fsp3) is 0.222. The maximum absolute atomic E-state index is 12.8. The first kappa shape index (κ1) is 14.3. The highest BCUT2D eigenvalue weighted by Gasteiger charge is 2.20. The van der Waals surface area contributed by atoms with Crippen molar-refractivity contribution in [3.63, 3.8) is 0 Å². The van der Waals surface area contributed by atoms with E-state index in [2.05, 4.69) is 4.98 Å². The SMILES string of the molecule is Cc1ccc2nc(C)c(C(=O)N(C)Cc3ccccc3)n2c1. The maximum Gasteiger partial charge on any atom is 0.272 e. The second-order valence-corrected chi connectivity index (χ2v) is 5.63. The Bertz CT molecular complexity index is 821. The zero-order chi connectivity index (χ0) is 15.7. The molecule has 4 nitrogen and oxygen atoms in total. The molecule has 3 aromatic rings. The molecule has 22 heavy (non-hydrogen) atoms. The lowest BCUT2D eigenvalue weighted by atomic mass is 10.2. The van der Waals surface area contributed by atoms with Crippen LogP contribution in [0, 0.1) is 13.8 Å². The van der Waals surface area contributed by atoms with Gasteiger partial charge in [-0.25, -0.2) is 4.98 Å². The van der Waals surface area contributed by atoms with E-state index in [4.69, 9.17) is 0 Å². The van der Waals surface area contributed by atoms with E-state index in [0.29, 0.717) is 12.2 Å². The summed E-state index contributed by atoms with van der Waals surface area (Å²) >= 11 is 0. The van der Waals surface area contributed by atoms with Gasteiger partial charge in [0.25, 0.3) is 5.91 Å². The Kier molecular flexibility index (Phi) is 3.67. The van der Waals surface area contributed by atoms with Crippen molar-refractivity contribution >= 4 is 11.6 Å². The Balaban J connectivity index is 1.94. The van der Waals surface area contributed by atoms with Gasteiger partial charge in [0.1, 0.15) is 11.3 Å². The van der Waals surface area contributed by atoms with E-state index in [1.165, 1.54) is 0 Å². The molecule has 0 saturated carbocycles. The second-order valence-electron chi connectivity index (χ2n) is 5.63. The molecule has 0 saturated heterocycles. The van der Waals surface area contributed by atoms with Crippen molar-refractivity contribution in [3.05, 3.63) is 71.2 Å². The van der Waals surface area contributed by atoms with Crippen molar-refractivity contribution in [2.75, 3.05) is 7.05 Å². The lowest BCUT2D eigenvalue weighted by molar-refractivity contribution is 0.0777. The second kappa shape index (κ2) is 5.64. The highest BCUT2D eigenvalue weighted by molar-refractivity contribution is 5.94. The molecule has 0 atom stereocenters. The van der Waals surface area contributed by atoms with Crippen LogP contribution in [0.1, 0.15) is 27.3 Å². The fourth-order valence-electron chi connectivity index (χ4n) is 2.64. The van der Waals surface area contributed by atoms with Gasteiger partial charge in [-0.1, -0.05) is 36.4 Å². The monoisotopic (exact) mass is 293 g/mol. The summed E-state index contributed by atoms with van der Waals surface area (Å²) in [4.78, 5) is 19.0. The first-order valence-corrected chi connectivity index (χ1v) is 7.31. The number of aryl methyl sites for hydroxylation is 2. The third kappa shape index (κ3) is 2.60. The van der Waals surface area contributed by atoms with Gasteiger partial charge in [-0.15, -0.1) is 0 Å². The molecule has 2 aromatic heterocycles. The average Bonchev–Trinajstić information content (AvgIpc) is 2.82. The van der Waals surface area contributed by atoms with Gasteiger partial charge in [-0.05, 0) is 31.0 Å². The Morgan fingerprint density at radius 1 is 1.14 bits per heavy atom. The number of fused-ring (bicyclic) bond motifs is 1. The first-order valence-electron chi connectivity index (χ1n) is 7.31. The average molecular weight is 293 g/mol. The largest absolute Gasteiger partial charge is 0.336 e. The number of aromatic nitrogens is 2. The van der Waals surface area contributed by atoms with Crippen LogP contribution < -0.4 is 0 Å². The molecule has 0 N–H and O–H groups in total. The molecule has 0 spiro atoms. The van der Waals surface area contributed by atoms with Crippen LogP contribution in [0.15, 0.2) is 48.7 Å². The summed E-state index contributed by atoms with van der Waals surface area (Å²) < 4.78 is 1.88. The van der Waals surface area contributed by atoms with Crippen LogP contribution in [0.5, 0.6) is 0 Å². The van der Waals surface area contributed by atoms with Crippen molar-refractivity contribution in [1.82, 2.24) is 14.3 Å². The van der Waals surface area contributed by atoms with Gasteiger partial charge in [-0.2, -0.15) is 0 Å². The molecule has 0 bridgehead atoms. The van der Waals surface area contributed by atoms with Crippen LogP contribution in [-0.4, -0.2) is 27.2 Å². The summed E-state index contributed by atoms with van der Waals surface area (Å²) in [6, 6.07) is 13.9. The Hall–Kier alpha value is -2.62. The third-order valence-electron chi connectivity index (χ3n) is 3.75. The molecule has 0 aliphatic heterocycles. The van der Waals surface area contributed by atoms with Crippen molar-refractivity contribution < 1.29 is 4.79 Å². The van der Waals surface area contributed by atoms with Crippen molar-refractivity contribution in [2.24, 2.45) is 0 Å². The van der Waals surface area contributed by atoms with Crippen LogP contribution in [0.25, 0.3) is 5.65 Å². The highest BCUT2D eigenvalue weighted by atomic mass is 16.2. The molecule has 2 heterocycles. The summed E-state index contributed by atoms with van der Waals surface area (Å²) in [5.74, 6) is -0.0144. The predicted octanol–water partition coefficient (Wildman–Crippen LogP) is 3.22. The minimum Gasteiger partial charge on any atom is -0.336 e. The normalized spacial score (nSPS) is 10.9. The molecule has 4 heteroatoms. The molecular formula is C18H19N3O. The van der Waals surface area contributed by atoms with Gasteiger partial charge in [0.05, 0.1) is 5.69 Å². The predicted molar refractivity (Wildman–Crippen MR) is 86.9 cm³/mol. The smallest absolute Gasteiger partial charge is 0.272 e. The lowest BCUT2D eigenvalue weighted by Gasteiger charge is -2.17. The van der Waals surface area contributed by atoms with Gasteiger partial charge in [0, 0.05) is 19.8 Å². The van der Waals surface area contributed by atoms with E-state index >= 15 is 0 Å². The summed E-state index contributed by atoms with van der Waals surface area (Å²) in [6.07, 6.45) is 1.96. The highest BCUT2D eigenvalue weighted by Crippen LogP contribution is 2.16. The number of carbonyl (C=O) groups excluding carboxylic acids is 1. The standard InChI is InChI=1S/C18H19N3O/c1-13-9-10-16-19-14(2)17(21(16)11-13)18(22)20(3)12-15-7-5-4-6-8-15/h4-11H,12H2,1-3H3. The number of nitrogens with zero attached hydrogens (tertiary/aromatic N) is 3. The number of rotatable bonds is 3. The molecule has 1 aromatic carbocycles. The molecule has 0 fully saturated rings. The zero-order valence-corrected chi connectivity index (χ0v) is 13.1. The van der Waals surface area contributed by atoms with Crippen LogP contribution in [-0.2, 0) is 6.54 Å². The van der Waals surface area contributed by atoms with E-state index in [0.717, 1.165) is 22.5 Å². The Morgan fingerprint density at radius 3 is 2.59 bits per heavy atom. The molecule has 0 radical (unpaired) electrons. The number of carbonyl (C=O) groups is 1. The van der Waals surface area contributed by atoms with Crippen molar-refractivity contribution in [3.8, 4) is 0 Å². The summed E-state index contributed by atoms with van der Waals surface area (Å²) in [5.41, 5.74) is 4.41. The van der Waals surface area contributed by atoms with E-state index < -0.39 is 0 Å². The number of pyridine rings is 1. The molecule has 0 unspecified atom stereocenters. The number of benzene rings is 1. The lowest BCUT2D eigenvalue weighted by Crippen LogP contribution is -2.28. The number of hydrogen-bond donors (Lipinski definition) is 0. The molecule has 1 amide bonds. The van der Waals surface area contributed by atoms with Gasteiger partial charge in [-0.3, -0.25) is 9.20 Å². The third-order valence-corrected chi connectivity index (χ3v) is 3.75. The van der Waals surface area contributed by atoms with Crippen LogP contribution >= 0.6 is 0 Å². The molecule has 0 aliphatic carbocycles. The Labute approximate surface area is 130 Å². The number of hydrogen-bond acceptors (Lipinski definition) is 2. The maximum atomic E-state index is 12.8. The minimum absolute atomic E-state index is 0.0144. The van der Waals surface area contributed by atoms with Gasteiger partial charge >= 0.3 is 0 Å². The van der Waals surface area contributed by atoms with Crippen LogP contribution in [0.4, 0.5) is 0 Å². The topological polar surface area (TPSA) is 37.6 Å². The number of amides is 1. The summed E-state index contributed by atoms with van der Waals surface area (Å²) in [6.45, 7) is 4.47. The van der Waals surface area contributed by atoms with Crippen molar-refractivity contribution in [2.45, 2.75) is 20.4 Å². The molecule has 112 valence electrons. The van der Waals surface area contributed by atoms with Crippen LogP contribution in [0.3, 0.4) is 0 Å². The van der Waals surface area contributed by atoms with E-state index in [-0.39, 0.29) is 5.91 Å². The first-order chi connectivity index (χ1) is 10.6. The molecular weight excluding hydrogens is 274 g/mol. The fourth-order valence-corrected chi connectivity index (χ4v) is 2.64. The number of imidazole rings is 1. The van der Waals surface area contributed by atoms with E-state index in [1.54, 1.807) is 4.90 Å². The van der Waals surface area contributed by atoms with E-state index in [9.17, 15) is 4.79 Å². The molecule has 3 rings (SSSR count).